The van der Waals surface area contributed by atoms with Crippen molar-refractivity contribution in [2.24, 2.45) is 0 Å². The largest absolute Gasteiger partial charge is 0.493 e. The summed E-state index contributed by atoms with van der Waals surface area (Å²) in [5.41, 5.74) is 0.744. The summed E-state index contributed by atoms with van der Waals surface area (Å²) < 4.78 is 5.44. The number of carbonyl (C=O) groups excluding carboxylic acids is 1. The molecule has 1 unspecified atom stereocenters. The quantitative estimate of drug-likeness (QED) is 0.718. The van der Waals surface area contributed by atoms with Crippen molar-refractivity contribution in [2.45, 2.75) is 18.4 Å². The molecule has 2 rings (SSSR count). The van der Waals surface area contributed by atoms with Gasteiger partial charge in [-0.1, -0.05) is 18.2 Å². The number of hydrogen-bond acceptors (Lipinski definition) is 4. The number of rotatable bonds is 4. The van der Waals surface area contributed by atoms with Gasteiger partial charge in [-0.2, -0.15) is 0 Å². The number of nitrogens with one attached hydrogen (secondary N) is 1. The van der Waals surface area contributed by atoms with Crippen LogP contribution in [-0.2, 0) is 9.59 Å². The smallest absolute Gasteiger partial charge is 0.328 e. The standard InChI is InChI=1S/C13H15NO5/c15-7-10(13(17)18)14-12(16)9-5-6-19-11-4-2-1-3-8(9)11/h1-4,9-10,15H,5-7H2,(H,14,16)(H,17,18)/t9?,10-/m0/s1. The van der Waals surface area contributed by atoms with Gasteiger partial charge < -0.3 is 20.3 Å². The minimum absolute atomic E-state index is 0.405. The fourth-order valence-corrected chi connectivity index (χ4v) is 2.07. The summed E-state index contributed by atoms with van der Waals surface area (Å²) in [4.78, 5) is 22.9. The van der Waals surface area contributed by atoms with E-state index in [0.717, 1.165) is 5.56 Å². The number of para-hydroxylation sites is 1. The van der Waals surface area contributed by atoms with Gasteiger partial charge in [-0.15, -0.1) is 0 Å². The molecule has 1 aromatic carbocycles. The maximum Gasteiger partial charge on any atom is 0.328 e. The van der Waals surface area contributed by atoms with Crippen molar-refractivity contribution in [3.05, 3.63) is 29.8 Å². The molecule has 0 saturated carbocycles. The van der Waals surface area contributed by atoms with Crippen LogP contribution in [0.3, 0.4) is 0 Å². The summed E-state index contributed by atoms with van der Waals surface area (Å²) in [6.07, 6.45) is 0.487. The molecule has 19 heavy (non-hydrogen) atoms. The zero-order chi connectivity index (χ0) is 13.8. The molecule has 1 aliphatic heterocycles. The van der Waals surface area contributed by atoms with Gasteiger partial charge in [0.15, 0.2) is 0 Å². The van der Waals surface area contributed by atoms with E-state index in [1.807, 2.05) is 6.07 Å². The predicted octanol–water partition coefficient (Wildman–Crippen LogP) is 0.114. The van der Waals surface area contributed by atoms with Crippen molar-refractivity contribution >= 4 is 11.9 Å². The highest BCUT2D eigenvalue weighted by molar-refractivity contribution is 5.88. The second-order valence-electron chi connectivity index (χ2n) is 4.31. The van der Waals surface area contributed by atoms with E-state index in [0.29, 0.717) is 18.8 Å². The lowest BCUT2D eigenvalue weighted by Gasteiger charge is -2.26. The van der Waals surface area contributed by atoms with Gasteiger partial charge >= 0.3 is 5.97 Å². The molecule has 3 N–H and O–H groups in total. The van der Waals surface area contributed by atoms with Crippen molar-refractivity contribution in [2.75, 3.05) is 13.2 Å². The third-order valence-electron chi connectivity index (χ3n) is 3.07. The highest BCUT2D eigenvalue weighted by Gasteiger charge is 2.30. The number of aliphatic carboxylic acids is 1. The van der Waals surface area contributed by atoms with Gasteiger partial charge in [-0.05, 0) is 12.5 Å². The minimum Gasteiger partial charge on any atom is -0.493 e. The zero-order valence-electron chi connectivity index (χ0n) is 10.2. The Labute approximate surface area is 110 Å². The van der Waals surface area contributed by atoms with E-state index < -0.39 is 30.4 Å². The van der Waals surface area contributed by atoms with Crippen LogP contribution in [0.25, 0.3) is 0 Å². The van der Waals surface area contributed by atoms with Crippen LogP contribution in [0.15, 0.2) is 24.3 Å². The highest BCUT2D eigenvalue weighted by Crippen LogP contribution is 2.33. The van der Waals surface area contributed by atoms with Gasteiger partial charge in [0.1, 0.15) is 11.8 Å². The molecule has 0 bridgehead atoms. The number of carboxylic acids is 1. The van der Waals surface area contributed by atoms with Crippen molar-refractivity contribution in [3.8, 4) is 5.75 Å². The first-order valence-corrected chi connectivity index (χ1v) is 5.99. The van der Waals surface area contributed by atoms with Gasteiger partial charge in [0.25, 0.3) is 0 Å². The summed E-state index contributed by atoms with van der Waals surface area (Å²) in [5, 5.41) is 20.1. The third-order valence-corrected chi connectivity index (χ3v) is 3.07. The summed E-state index contributed by atoms with van der Waals surface area (Å²) in [7, 11) is 0. The molecule has 1 aliphatic rings. The van der Waals surface area contributed by atoms with E-state index in [2.05, 4.69) is 5.32 Å². The number of aliphatic hydroxyl groups is 1. The maximum absolute atomic E-state index is 12.1. The lowest BCUT2D eigenvalue weighted by Crippen LogP contribution is -2.45. The summed E-state index contributed by atoms with van der Waals surface area (Å²) in [6, 6.07) is 5.90. The average Bonchev–Trinajstić information content (AvgIpc) is 2.43. The van der Waals surface area contributed by atoms with Crippen LogP contribution in [0, 0.1) is 0 Å². The van der Waals surface area contributed by atoms with Crippen molar-refractivity contribution in [3.63, 3.8) is 0 Å². The first-order chi connectivity index (χ1) is 9.13. The van der Waals surface area contributed by atoms with E-state index in [-0.39, 0.29) is 0 Å². The summed E-state index contributed by atoms with van der Waals surface area (Å²) >= 11 is 0. The molecule has 102 valence electrons. The van der Waals surface area contributed by atoms with E-state index in [9.17, 15) is 9.59 Å². The van der Waals surface area contributed by atoms with Gasteiger partial charge in [0.05, 0.1) is 19.1 Å². The number of aliphatic hydroxyl groups excluding tert-OH is 1. The highest BCUT2D eigenvalue weighted by atomic mass is 16.5. The lowest BCUT2D eigenvalue weighted by atomic mass is 9.92. The van der Waals surface area contributed by atoms with Crippen LogP contribution in [0.4, 0.5) is 0 Å². The number of fused-ring (bicyclic) bond motifs is 1. The molecule has 0 spiro atoms. The minimum atomic E-state index is -1.28. The Morgan fingerprint density at radius 1 is 1.42 bits per heavy atom. The van der Waals surface area contributed by atoms with Gasteiger partial charge in [-0.25, -0.2) is 4.79 Å². The normalized spacial score (nSPS) is 18.9. The molecule has 1 amide bonds. The lowest BCUT2D eigenvalue weighted by molar-refractivity contribution is -0.143. The molecule has 1 heterocycles. The molecule has 0 aliphatic carbocycles. The Balaban J connectivity index is 2.15. The van der Waals surface area contributed by atoms with Crippen LogP contribution < -0.4 is 10.1 Å². The zero-order valence-corrected chi connectivity index (χ0v) is 10.2. The van der Waals surface area contributed by atoms with E-state index in [1.165, 1.54) is 0 Å². The molecule has 0 aromatic heterocycles. The first-order valence-electron chi connectivity index (χ1n) is 5.99. The van der Waals surface area contributed by atoms with Gasteiger partial charge in [0.2, 0.25) is 5.91 Å². The topological polar surface area (TPSA) is 95.9 Å². The van der Waals surface area contributed by atoms with Crippen LogP contribution in [-0.4, -0.2) is 41.3 Å². The monoisotopic (exact) mass is 265 g/mol. The molecular formula is C13H15NO5. The van der Waals surface area contributed by atoms with Gasteiger partial charge in [-0.3, -0.25) is 4.79 Å². The number of carbonyl (C=O) groups is 2. The molecular weight excluding hydrogens is 250 g/mol. The fourth-order valence-electron chi connectivity index (χ4n) is 2.07. The van der Waals surface area contributed by atoms with E-state index in [1.54, 1.807) is 18.2 Å². The molecule has 0 radical (unpaired) electrons. The molecule has 6 nitrogen and oxygen atoms in total. The van der Waals surface area contributed by atoms with Gasteiger partial charge in [0, 0.05) is 5.56 Å². The van der Waals surface area contributed by atoms with E-state index >= 15 is 0 Å². The SMILES string of the molecule is O=C(N[C@@H](CO)C(=O)O)C1CCOc2ccccc21. The Morgan fingerprint density at radius 3 is 2.84 bits per heavy atom. The predicted molar refractivity (Wildman–Crippen MR) is 65.9 cm³/mol. The van der Waals surface area contributed by atoms with E-state index in [4.69, 9.17) is 14.9 Å². The molecule has 2 atom stereocenters. The maximum atomic E-state index is 12.1. The summed E-state index contributed by atoms with van der Waals surface area (Å²) in [6.45, 7) is -0.224. The first kappa shape index (κ1) is 13.4. The second-order valence-corrected chi connectivity index (χ2v) is 4.31. The van der Waals surface area contributed by atoms with Crippen LogP contribution in [0.2, 0.25) is 0 Å². The number of hydrogen-bond donors (Lipinski definition) is 3. The number of benzene rings is 1. The Hall–Kier alpha value is -2.08. The number of carboxylic acid groups (broad SMARTS) is 1. The van der Waals surface area contributed by atoms with Crippen LogP contribution in [0.5, 0.6) is 5.75 Å². The number of ether oxygens (including phenoxy) is 1. The van der Waals surface area contributed by atoms with Crippen LogP contribution in [0.1, 0.15) is 17.9 Å². The molecule has 0 fully saturated rings. The van der Waals surface area contributed by atoms with Crippen molar-refractivity contribution in [1.29, 1.82) is 0 Å². The average molecular weight is 265 g/mol. The van der Waals surface area contributed by atoms with Crippen LogP contribution >= 0.6 is 0 Å². The Bertz CT molecular complexity index is 488. The Morgan fingerprint density at radius 2 is 2.16 bits per heavy atom. The second kappa shape index (κ2) is 5.71. The summed E-state index contributed by atoms with van der Waals surface area (Å²) in [5.74, 6) is -1.46. The van der Waals surface area contributed by atoms with Crippen molar-refractivity contribution in [1.82, 2.24) is 5.32 Å². The third kappa shape index (κ3) is 2.85. The number of amides is 1. The Kier molecular flexibility index (Phi) is 4.01. The molecule has 0 saturated heterocycles. The fraction of sp³-hybridized carbons (Fsp3) is 0.385. The molecule has 6 heteroatoms. The van der Waals surface area contributed by atoms with Crippen molar-refractivity contribution < 1.29 is 24.5 Å². The molecule has 1 aromatic rings.